The van der Waals surface area contributed by atoms with E-state index in [1.54, 1.807) is 0 Å². The van der Waals surface area contributed by atoms with Crippen molar-refractivity contribution in [1.82, 2.24) is 0 Å². The van der Waals surface area contributed by atoms with Crippen molar-refractivity contribution in [2.45, 2.75) is 6.92 Å². The van der Waals surface area contributed by atoms with Crippen molar-refractivity contribution >= 4 is 22.6 Å². The van der Waals surface area contributed by atoms with Crippen molar-refractivity contribution in [3.8, 4) is 5.75 Å². The molecule has 65 valence electrons. The highest BCUT2D eigenvalue weighted by Crippen LogP contribution is 2.25. The van der Waals surface area contributed by atoms with Gasteiger partial charge in [-0.1, -0.05) is 12.1 Å². The van der Waals surface area contributed by atoms with Gasteiger partial charge >= 0.3 is 0 Å². The van der Waals surface area contributed by atoms with E-state index in [1.165, 1.54) is 0 Å². The Bertz CT molecular complexity index is 261. The Morgan fingerprint density at radius 1 is 1.58 bits per heavy atom. The zero-order valence-corrected chi connectivity index (χ0v) is 8.91. The SMILES string of the molecule is CCOc1c(I)cccc1[CH]O. The molecule has 1 aromatic carbocycles. The molecule has 0 saturated carbocycles. The Labute approximate surface area is 85.7 Å². The number of ether oxygens (including phenoxy) is 1. The average Bonchev–Trinajstić information content (AvgIpc) is 2.09. The number of benzene rings is 1. The summed E-state index contributed by atoms with van der Waals surface area (Å²) in [6.07, 6.45) is 0. The summed E-state index contributed by atoms with van der Waals surface area (Å²) in [6.45, 7) is 3.60. The number of hydrogen-bond acceptors (Lipinski definition) is 2. The van der Waals surface area contributed by atoms with Gasteiger partial charge < -0.3 is 9.84 Å². The normalized spacial score (nSPS) is 9.92. The van der Waals surface area contributed by atoms with E-state index in [2.05, 4.69) is 22.6 Å². The number of aliphatic hydroxyl groups is 1. The zero-order valence-electron chi connectivity index (χ0n) is 6.75. The Morgan fingerprint density at radius 2 is 2.33 bits per heavy atom. The van der Waals surface area contributed by atoms with Crippen LogP contribution in [0.4, 0.5) is 0 Å². The number of halogens is 1. The van der Waals surface area contributed by atoms with E-state index >= 15 is 0 Å². The fraction of sp³-hybridized carbons (Fsp3) is 0.222. The molecule has 12 heavy (non-hydrogen) atoms. The Morgan fingerprint density at radius 3 is 2.92 bits per heavy atom. The van der Waals surface area contributed by atoms with Crippen LogP contribution in [0.25, 0.3) is 0 Å². The highest BCUT2D eigenvalue weighted by molar-refractivity contribution is 14.1. The highest BCUT2D eigenvalue weighted by Gasteiger charge is 2.05. The summed E-state index contributed by atoms with van der Waals surface area (Å²) in [4.78, 5) is 0. The molecule has 0 aromatic heterocycles. The van der Waals surface area contributed by atoms with E-state index in [4.69, 9.17) is 9.84 Å². The molecule has 0 amide bonds. The lowest BCUT2D eigenvalue weighted by molar-refractivity contribution is 0.328. The van der Waals surface area contributed by atoms with Gasteiger partial charge in [0.2, 0.25) is 0 Å². The van der Waals surface area contributed by atoms with Crippen LogP contribution in [-0.2, 0) is 0 Å². The average molecular weight is 277 g/mol. The van der Waals surface area contributed by atoms with Crippen LogP contribution < -0.4 is 4.74 Å². The van der Waals surface area contributed by atoms with E-state index in [9.17, 15) is 0 Å². The molecule has 0 unspecified atom stereocenters. The van der Waals surface area contributed by atoms with Crippen molar-refractivity contribution in [2.24, 2.45) is 0 Å². The molecule has 0 heterocycles. The second-order valence-corrected chi connectivity index (χ2v) is 3.38. The summed E-state index contributed by atoms with van der Waals surface area (Å²) >= 11 is 2.18. The van der Waals surface area contributed by atoms with Crippen LogP contribution in [0.3, 0.4) is 0 Å². The molecule has 3 heteroatoms. The van der Waals surface area contributed by atoms with Crippen LogP contribution in [0.5, 0.6) is 5.75 Å². The van der Waals surface area contributed by atoms with Gasteiger partial charge in [0.25, 0.3) is 0 Å². The molecule has 0 fully saturated rings. The lowest BCUT2D eigenvalue weighted by atomic mass is 10.2. The van der Waals surface area contributed by atoms with Gasteiger partial charge in [-0.05, 0) is 35.6 Å². The van der Waals surface area contributed by atoms with Crippen LogP contribution >= 0.6 is 22.6 Å². The van der Waals surface area contributed by atoms with Crippen molar-refractivity contribution < 1.29 is 9.84 Å². The van der Waals surface area contributed by atoms with Crippen molar-refractivity contribution in [3.63, 3.8) is 0 Å². The van der Waals surface area contributed by atoms with Crippen molar-refractivity contribution in [1.29, 1.82) is 0 Å². The van der Waals surface area contributed by atoms with Gasteiger partial charge in [0.15, 0.2) is 0 Å². The highest BCUT2D eigenvalue weighted by atomic mass is 127. The minimum Gasteiger partial charge on any atom is -0.492 e. The molecular weight excluding hydrogens is 267 g/mol. The molecule has 0 bridgehead atoms. The molecule has 0 spiro atoms. The summed E-state index contributed by atoms with van der Waals surface area (Å²) in [5.74, 6) is 0.753. The van der Waals surface area contributed by atoms with E-state index in [1.807, 2.05) is 25.1 Å². The fourth-order valence-corrected chi connectivity index (χ4v) is 1.60. The largest absolute Gasteiger partial charge is 0.492 e. The molecule has 1 aromatic rings. The number of aliphatic hydroxyl groups excluding tert-OH is 1. The molecular formula is C9H10IO2. The summed E-state index contributed by atoms with van der Waals surface area (Å²) in [5, 5.41) is 8.86. The first-order chi connectivity index (χ1) is 5.79. The predicted octanol–water partition coefficient (Wildman–Crippen LogP) is 2.57. The third kappa shape index (κ3) is 2.10. The molecule has 0 atom stereocenters. The van der Waals surface area contributed by atoms with E-state index in [0.717, 1.165) is 21.5 Å². The first-order valence-corrected chi connectivity index (χ1v) is 4.76. The molecule has 1 N–H and O–H groups in total. The summed E-state index contributed by atoms with van der Waals surface area (Å²) in [7, 11) is 0. The quantitative estimate of drug-likeness (QED) is 0.860. The van der Waals surface area contributed by atoms with Crippen LogP contribution in [-0.4, -0.2) is 11.7 Å². The maximum absolute atomic E-state index is 8.86. The Hall–Kier alpha value is -0.290. The van der Waals surface area contributed by atoms with Gasteiger partial charge in [0.1, 0.15) is 12.4 Å². The van der Waals surface area contributed by atoms with Crippen LogP contribution in [0.2, 0.25) is 0 Å². The molecule has 1 rings (SSSR count). The van der Waals surface area contributed by atoms with Crippen LogP contribution in [0, 0.1) is 10.2 Å². The minimum atomic E-state index is 0.612. The van der Waals surface area contributed by atoms with Crippen molar-refractivity contribution in [2.75, 3.05) is 6.61 Å². The van der Waals surface area contributed by atoms with Gasteiger partial charge in [-0.2, -0.15) is 0 Å². The number of hydrogen-bond donors (Lipinski definition) is 1. The molecule has 2 nitrogen and oxygen atoms in total. The number of rotatable bonds is 3. The fourth-order valence-electron chi connectivity index (χ4n) is 0.924. The van der Waals surface area contributed by atoms with Crippen molar-refractivity contribution in [3.05, 3.63) is 33.9 Å². The summed E-state index contributed by atoms with van der Waals surface area (Å²) < 4.78 is 6.37. The minimum absolute atomic E-state index is 0.612. The van der Waals surface area contributed by atoms with Crippen LogP contribution in [0.1, 0.15) is 12.5 Å². The first-order valence-electron chi connectivity index (χ1n) is 3.68. The number of para-hydroxylation sites is 1. The Kier molecular flexibility index (Phi) is 3.81. The molecule has 0 aliphatic carbocycles. The third-order valence-corrected chi connectivity index (χ3v) is 2.27. The van der Waals surface area contributed by atoms with Gasteiger partial charge in [0.05, 0.1) is 10.2 Å². The first kappa shape index (κ1) is 9.80. The standard InChI is InChI=1S/C9H10IO2/c1-2-12-9-7(6-11)4-3-5-8(9)10/h3-6,11H,2H2,1H3. The maximum Gasteiger partial charge on any atom is 0.138 e. The predicted molar refractivity (Wildman–Crippen MR) is 55.7 cm³/mol. The Balaban J connectivity index is 3.02. The van der Waals surface area contributed by atoms with Gasteiger partial charge in [-0.3, -0.25) is 0 Å². The zero-order chi connectivity index (χ0) is 8.97. The van der Waals surface area contributed by atoms with Gasteiger partial charge in [-0.15, -0.1) is 0 Å². The molecule has 0 saturated heterocycles. The second kappa shape index (κ2) is 4.67. The third-order valence-electron chi connectivity index (χ3n) is 1.43. The smallest absolute Gasteiger partial charge is 0.138 e. The summed E-state index contributed by atoms with van der Waals surface area (Å²) in [6, 6.07) is 5.64. The lowest BCUT2D eigenvalue weighted by Crippen LogP contribution is -1.97. The molecule has 1 radical (unpaired) electrons. The maximum atomic E-state index is 8.86. The summed E-state index contributed by atoms with van der Waals surface area (Å²) in [5.41, 5.74) is 0.726. The van der Waals surface area contributed by atoms with E-state index < -0.39 is 0 Å². The molecule has 0 aliphatic heterocycles. The topological polar surface area (TPSA) is 29.5 Å². The van der Waals surface area contributed by atoms with E-state index in [-0.39, 0.29) is 0 Å². The van der Waals surface area contributed by atoms with Gasteiger partial charge in [-0.25, -0.2) is 0 Å². The van der Waals surface area contributed by atoms with Crippen LogP contribution in [0.15, 0.2) is 18.2 Å². The lowest BCUT2D eigenvalue weighted by Gasteiger charge is -2.09. The monoisotopic (exact) mass is 277 g/mol. The van der Waals surface area contributed by atoms with Gasteiger partial charge in [0, 0.05) is 5.56 Å². The van der Waals surface area contributed by atoms with E-state index in [0.29, 0.717) is 6.61 Å². The molecule has 0 aliphatic rings. The second-order valence-electron chi connectivity index (χ2n) is 2.22.